The Morgan fingerprint density at radius 2 is 2.00 bits per heavy atom. The zero-order valence-corrected chi connectivity index (χ0v) is 14.5. The Kier molecular flexibility index (Phi) is 6.86. The second-order valence-electron chi connectivity index (χ2n) is 6.25. The fourth-order valence-corrected chi connectivity index (χ4v) is 2.79. The highest BCUT2D eigenvalue weighted by atomic mass is 16.5. The number of rotatable bonds is 7. The van der Waals surface area contributed by atoms with Crippen molar-refractivity contribution >= 4 is 11.6 Å². The third-order valence-corrected chi connectivity index (χ3v) is 4.30. The van der Waals surface area contributed by atoms with Crippen LogP contribution in [0.5, 0.6) is 0 Å². The van der Waals surface area contributed by atoms with Crippen molar-refractivity contribution in [3.05, 3.63) is 29.8 Å². The van der Waals surface area contributed by atoms with Crippen LogP contribution in [-0.2, 0) is 9.47 Å². The molecule has 128 valence electrons. The molecule has 0 aromatic heterocycles. The molecule has 1 aromatic carbocycles. The van der Waals surface area contributed by atoms with Gasteiger partial charge in [-0.25, -0.2) is 0 Å². The third-order valence-electron chi connectivity index (χ3n) is 4.30. The minimum Gasteiger partial charge on any atom is -0.382 e. The zero-order valence-electron chi connectivity index (χ0n) is 14.5. The molecule has 0 saturated carbocycles. The molecule has 2 rings (SSSR count). The summed E-state index contributed by atoms with van der Waals surface area (Å²) in [6.07, 6.45) is 2.01. The first kappa shape index (κ1) is 17.8. The number of nitrogens with zero attached hydrogens (tertiary/aromatic N) is 2. The van der Waals surface area contributed by atoms with E-state index in [2.05, 4.69) is 0 Å². The highest BCUT2D eigenvalue weighted by molar-refractivity contribution is 5.95. The molecule has 5 nitrogen and oxygen atoms in total. The van der Waals surface area contributed by atoms with E-state index < -0.39 is 0 Å². The minimum atomic E-state index is 0.132. The summed E-state index contributed by atoms with van der Waals surface area (Å²) in [5, 5.41) is 0. The van der Waals surface area contributed by atoms with Crippen molar-refractivity contribution in [3.8, 4) is 0 Å². The summed E-state index contributed by atoms with van der Waals surface area (Å²) in [5.41, 5.74) is 1.82. The predicted molar refractivity (Wildman–Crippen MR) is 92.1 cm³/mol. The standard InChI is InChI=1S/C18H28N2O3/c1-19(2)17-6-4-5-16(13-17)18(21)20-9-7-15(8-10-20)14-23-12-11-22-3/h4-6,13,15H,7-12,14H2,1-3H3. The van der Waals surface area contributed by atoms with Crippen LogP contribution in [0.25, 0.3) is 0 Å². The van der Waals surface area contributed by atoms with E-state index in [1.807, 2.05) is 48.2 Å². The number of hydrogen-bond acceptors (Lipinski definition) is 4. The molecule has 0 aliphatic carbocycles. The van der Waals surface area contributed by atoms with Crippen LogP contribution in [0.2, 0.25) is 0 Å². The van der Waals surface area contributed by atoms with E-state index in [9.17, 15) is 4.79 Å². The molecule has 0 bridgehead atoms. The molecule has 23 heavy (non-hydrogen) atoms. The normalized spacial score (nSPS) is 15.7. The van der Waals surface area contributed by atoms with Gasteiger partial charge >= 0.3 is 0 Å². The molecule has 0 N–H and O–H groups in total. The van der Waals surface area contributed by atoms with Gasteiger partial charge in [0, 0.05) is 52.2 Å². The molecular weight excluding hydrogens is 292 g/mol. The number of hydrogen-bond donors (Lipinski definition) is 0. The van der Waals surface area contributed by atoms with Crippen LogP contribution in [0.4, 0.5) is 5.69 Å². The van der Waals surface area contributed by atoms with E-state index in [1.165, 1.54) is 0 Å². The Morgan fingerprint density at radius 1 is 1.26 bits per heavy atom. The molecule has 1 aliphatic rings. The van der Waals surface area contributed by atoms with Gasteiger partial charge in [-0.1, -0.05) is 6.07 Å². The molecule has 1 aliphatic heterocycles. The van der Waals surface area contributed by atoms with E-state index in [0.717, 1.165) is 43.8 Å². The molecule has 0 spiro atoms. The average molecular weight is 320 g/mol. The molecule has 5 heteroatoms. The van der Waals surface area contributed by atoms with Gasteiger partial charge < -0.3 is 19.3 Å². The maximum Gasteiger partial charge on any atom is 0.253 e. The first-order valence-electron chi connectivity index (χ1n) is 8.25. The number of piperidine rings is 1. The van der Waals surface area contributed by atoms with Crippen LogP contribution in [0.15, 0.2) is 24.3 Å². The van der Waals surface area contributed by atoms with Crippen molar-refractivity contribution in [2.45, 2.75) is 12.8 Å². The van der Waals surface area contributed by atoms with E-state index in [1.54, 1.807) is 7.11 Å². The van der Waals surface area contributed by atoms with Crippen LogP contribution < -0.4 is 4.90 Å². The van der Waals surface area contributed by atoms with Gasteiger partial charge in [0.2, 0.25) is 0 Å². The first-order chi connectivity index (χ1) is 11.1. The number of benzene rings is 1. The van der Waals surface area contributed by atoms with Crippen LogP contribution in [-0.4, -0.2) is 64.9 Å². The number of carbonyl (C=O) groups excluding carboxylic acids is 1. The molecule has 0 unspecified atom stereocenters. The topological polar surface area (TPSA) is 42.0 Å². The Balaban J connectivity index is 1.82. The molecule has 1 amide bonds. The summed E-state index contributed by atoms with van der Waals surface area (Å²) >= 11 is 0. The highest BCUT2D eigenvalue weighted by Gasteiger charge is 2.23. The van der Waals surface area contributed by atoms with E-state index in [0.29, 0.717) is 19.1 Å². The van der Waals surface area contributed by atoms with E-state index >= 15 is 0 Å². The summed E-state index contributed by atoms with van der Waals surface area (Å²) in [4.78, 5) is 16.6. The van der Waals surface area contributed by atoms with E-state index in [4.69, 9.17) is 9.47 Å². The number of anilines is 1. The van der Waals surface area contributed by atoms with Gasteiger partial charge in [-0.05, 0) is 37.0 Å². The lowest BCUT2D eigenvalue weighted by Gasteiger charge is -2.32. The first-order valence-corrected chi connectivity index (χ1v) is 8.25. The Morgan fingerprint density at radius 3 is 2.65 bits per heavy atom. The smallest absolute Gasteiger partial charge is 0.253 e. The summed E-state index contributed by atoms with van der Waals surface area (Å²) < 4.78 is 10.6. The Labute approximate surface area is 139 Å². The Bertz CT molecular complexity index is 497. The van der Waals surface area contributed by atoms with Gasteiger partial charge in [-0.2, -0.15) is 0 Å². The average Bonchev–Trinajstić information content (AvgIpc) is 2.59. The highest BCUT2D eigenvalue weighted by Crippen LogP contribution is 2.21. The fraction of sp³-hybridized carbons (Fsp3) is 0.611. The monoisotopic (exact) mass is 320 g/mol. The van der Waals surface area contributed by atoms with Crippen LogP contribution in [0, 0.1) is 5.92 Å². The number of amides is 1. The molecule has 1 aromatic rings. The largest absolute Gasteiger partial charge is 0.382 e. The quantitative estimate of drug-likeness (QED) is 0.723. The van der Waals surface area contributed by atoms with Crippen molar-refractivity contribution in [2.75, 3.05) is 59.0 Å². The summed E-state index contributed by atoms with van der Waals surface area (Å²) in [7, 11) is 5.65. The van der Waals surface area contributed by atoms with Crippen LogP contribution in [0.1, 0.15) is 23.2 Å². The van der Waals surface area contributed by atoms with E-state index in [-0.39, 0.29) is 5.91 Å². The number of likely N-dealkylation sites (tertiary alicyclic amines) is 1. The Hall–Kier alpha value is -1.59. The van der Waals surface area contributed by atoms with Crippen molar-refractivity contribution < 1.29 is 14.3 Å². The fourth-order valence-electron chi connectivity index (χ4n) is 2.79. The van der Waals surface area contributed by atoms with Crippen LogP contribution >= 0.6 is 0 Å². The van der Waals surface area contributed by atoms with Crippen molar-refractivity contribution in [2.24, 2.45) is 5.92 Å². The lowest BCUT2D eigenvalue weighted by Crippen LogP contribution is -2.39. The zero-order chi connectivity index (χ0) is 16.7. The maximum absolute atomic E-state index is 12.6. The molecule has 1 heterocycles. The van der Waals surface area contributed by atoms with Gasteiger partial charge in [0.1, 0.15) is 0 Å². The van der Waals surface area contributed by atoms with Gasteiger partial charge in [0.05, 0.1) is 13.2 Å². The lowest BCUT2D eigenvalue weighted by molar-refractivity contribution is 0.0327. The second-order valence-corrected chi connectivity index (χ2v) is 6.25. The number of carbonyl (C=O) groups is 1. The number of ether oxygens (including phenoxy) is 2. The SMILES string of the molecule is COCCOCC1CCN(C(=O)c2cccc(N(C)C)c2)CC1. The summed E-state index contributed by atoms with van der Waals surface area (Å²) in [6, 6.07) is 7.82. The van der Waals surface area contributed by atoms with Crippen molar-refractivity contribution in [1.82, 2.24) is 4.90 Å². The molecule has 1 saturated heterocycles. The molecular formula is C18H28N2O3. The predicted octanol–water partition coefficient (Wildman–Crippen LogP) is 2.27. The molecule has 0 atom stereocenters. The van der Waals surface area contributed by atoms with Crippen molar-refractivity contribution in [1.29, 1.82) is 0 Å². The summed E-state index contributed by atoms with van der Waals surface area (Å²) in [5.74, 6) is 0.677. The van der Waals surface area contributed by atoms with Gasteiger partial charge in [0.15, 0.2) is 0 Å². The van der Waals surface area contributed by atoms with Gasteiger partial charge in [-0.15, -0.1) is 0 Å². The number of methoxy groups -OCH3 is 1. The third kappa shape index (κ3) is 5.22. The molecule has 0 radical (unpaired) electrons. The van der Waals surface area contributed by atoms with Gasteiger partial charge in [-0.3, -0.25) is 4.79 Å². The lowest BCUT2D eigenvalue weighted by atomic mass is 9.97. The molecule has 1 fully saturated rings. The summed E-state index contributed by atoms with van der Waals surface area (Å²) in [6.45, 7) is 3.67. The maximum atomic E-state index is 12.6. The second kappa shape index (κ2) is 8.89. The van der Waals surface area contributed by atoms with Crippen LogP contribution in [0.3, 0.4) is 0 Å². The minimum absolute atomic E-state index is 0.132. The van der Waals surface area contributed by atoms with Gasteiger partial charge in [0.25, 0.3) is 5.91 Å². The van der Waals surface area contributed by atoms with Crippen molar-refractivity contribution in [3.63, 3.8) is 0 Å².